The van der Waals surface area contributed by atoms with Gasteiger partial charge in [0.05, 0.1) is 49.8 Å². The molecule has 0 spiro atoms. The number of benzene rings is 10. The van der Waals surface area contributed by atoms with E-state index < -0.39 is 0 Å². The number of hydrogen-bond acceptors (Lipinski definition) is 0. The highest BCUT2D eigenvalue weighted by Gasteiger charge is 2.22. The number of aromatic nitrogens is 4. The highest BCUT2D eigenvalue weighted by Crippen LogP contribution is 2.42. The lowest BCUT2D eigenvalue weighted by molar-refractivity contribution is 1.13. The second kappa shape index (κ2) is 13.4. The fraction of sp³-hybridized carbons (Fsp3) is 0. The molecule has 0 aliphatic heterocycles. The Hall–Kier alpha value is -8.60. The zero-order valence-corrected chi connectivity index (χ0v) is 34.7. The molecule has 14 rings (SSSR count). The molecule has 0 bridgehead atoms. The van der Waals surface area contributed by atoms with Crippen molar-refractivity contribution in [2.75, 3.05) is 0 Å². The van der Waals surface area contributed by atoms with Crippen LogP contribution in [0.5, 0.6) is 0 Å². The summed E-state index contributed by atoms with van der Waals surface area (Å²) in [6.45, 7) is 0. The molecule has 4 aromatic heterocycles. The molecule has 298 valence electrons. The minimum absolute atomic E-state index is 1.11. The van der Waals surface area contributed by atoms with E-state index in [9.17, 15) is 0 Å². The van der Waals surface area contributed by atoms with Crippen molar-refractivity contribution in [1.82, 2.24) is 18.3 Å². The van der Waals surface area contributed by atoms with Crippen molar-refractivity contribution in [3.63, 3.8) is 0 Å². The van der Waals surface area contributed by atoms with Gasteiger partial charge < -0.3 is 18.3 Å². The summed E-state index contributed by atoms with van der Waals surface area (Å²) in [4.78, 5) is 0. The molecule has 0 N–H and O–H groups in total. The van der Waals surface area contributed by atoms with Gasteiger partial charge in [-0.15, -0.1) is 0 Å². The molecule has 0 radical (unpaired) electrons. The SMILES string of the molecule is c1cc(-c2ccc(-n3c4ccccc4c4ccccc43)cc2)cc(-n2c3ccc(-n4c5ccccc5c5ccccc54)cc3c3cccc(-n4c5ccccc5c5ccccc54)c32)c1. The number of hydrogen-bond donors (Lipinski definition) is 0. The maximum Gasteiger partial charge on any atom is 0.0782 e. The first-order chi connectivity index (χ1) is 31.8. The molecule has 0 atom stereocenters. The molecule has 4 heterocycles. The monoisotopic (exact) mass is 814 g/mol. The Morgan fingerprint density at radius 1 is 0.203 bits per heavy atom. The smallest absolute Gasteiger partial charge is 0.0782 e. The Kier molecular flexibility index (Phi) is 7.36. The summed E-state index contributed by atoms with van der Waals surface area (Å²) in [7, 11) is 0. The van der Waals surface area contributed by atoms with Gasteiger partial charge in [0.2, 0.25) is 0 Å². The van der Waals surface area contributed by atoms with Crippen molar-refractivity contribution < 1.29 is 0 Å². The quantitative estimate of drug-likeness (QED) is 0.165. The average molecular weight is 815 g/mol. The first kappa shape index (κ1) is 35.0. The van der Waals surface area contributed by atoms with E-state index in [0.717, 1.165) is 33.8 Å². The summed E-state index contributed by atoms with van der Waals surface area (Å²) >= 11 is 0. The minimum Gasteiger partial charge on any atom is -0.309 e. The predicted octanol–water partition coefficient (Wildman–Crippen LogP) is 15.7. The molecule has 64 heavy (non-hydrogen) atoms. The summed E-state index contributed by atoms with van der Waals surface area (Å²) in [5.74, 6) is 0. The van der Waals surface area contributed by atoms with E-state index in [-0.39, 0.29) is 0 Å². The van der Waals surface area contributed by atoms with E-state index in [0.29, 0.717) is 0 Å². The number of fused-ring (bicyclic) bond motifs is 12. The van der Waals surface area contributed by atoms with E-state index in [4.69, 9.17) is 0 Å². The normalized spacial score (nSPS) is 12.1. The summed E-state index contributed by atoms with van der Waals surface area (Å²) in [5, 5.41) is 9.96. The predicted molar refractivity (Wildman–Crippen MR) is 269 cm³/mol. The van der Waals surface area contributed by atoms with Crippen molar-refractivity contribution in [3.05, 3.63) is 231 Å². The van der Waals surface area contributed by atoms with Crippen LogP contribution in [-0.2, 0) is 0 Å². The first-order valence-corrected chi connectivity index (χ1v) is 22.0. The molecule has 14 aromatic rings. The van der Waals surface area contributed by atoms with E-state index in [2.05, 4.69) is 249 Å². The summed E-state index contributed by atoms with van der Waals surface area (Å²) in [6, 6.07) is 84.5. The first-order valence-electron chi connectivity index (χ1n) is 22.0. The van der Waals surface area contributed by atoms with Crippen LogP contribution in [0.4, 0.5) is 0 Å². The molecule has 0 saturated heterocycles. The Morgan fingerprint density at radius 3 is 1.11 bits per heavy atom. The van der Waals surface area contributed by atoms with Gasteiger partial charge in [0.15, 0.2) is 0 Å². The molecule has 4 heteroatoms. The van der Waals surface area contributed by atoms with Gasteiger partial charge >= 0.3 is 0 Å². The Labute approximate surface area is 368 Å². The van der Waals surface area contributed by atoms with Crippen LogP contribution in [0.3, 0.4) is 0 Å². The molecule has 0 saturated carbocycles. The summed E-state index contributed by atoms with van der Waals surface area (Å²) in [6.07, 6.45) is 0. The fourth-order valence-electron chi connectivity index (χ4n) is 10.8. The Bertz CT molecular complexity index is 4030. The standard InChI is InChI=1S/C60H38N4/c1-7-24-52-44(17-1)45-18-2-8-25-53(45)61(52)41-33-31-39(32-34-41)40-15-13-16-42(37-40)63-58-36-35-43(62-54-26-9-3-19-46(54)47-20-4-10-27-55(47)62)38-51(58)50-23-14-30-59(60(50)63)64-56-28-11-5-21-48(56)49-22-6-12-29-57(49)64/h1-38H. The van der Waals surface area contributed by atoms with Crippen molar-refractivity contribution in [2.45, 2.75) is 0 Å². The fourth-order valence-corrected chi connectivity index (χ4v) is 10.8. The minimum atomic E-state index is 1.11. The van der Waals surface area contributed by atoms with Crippen LogP contribution in [0, 0.1) is 0 Å². The Balaban J connectivity index is 1.00. The molecular formula is C60H38N4. The highest BCUT2D eigenvalue weighted by atomic mass is 15.1. The van der Waals surface area contributed by atoms with E-state index in [1.165, 1.54) is 87.3 Å². The third kappa shape index (κ3) is 4.93. The van der Waals surface area contributed by atoms with Gasteiger partial charge in [-0.25, -0.2) is 0 Å². The van der Waals surface area contributed by atoms with E-state index in [1.54, 1.807) is 0 Å². The van der Waals surface area contributed by atoms with Crippen LogP contribution in [0.25, 0.3) is 121 Å². The van der Waals surface area contributed by atoms with Crippen molar-refractivity contribution in [1.29, 1.82) is 0 Å². The van der Waals surface area contributed by atoms with Gasteiger partial charge in [0.1, 0.15) is 0 Å². The molecular weight excluding hydrogens is 777 g/mol. The molecule has 0 aliphatic rings. The van der Waals surface area contributed by atoms with Gasteiger partial charge in [-0.1, -0.05) is 146 Å². The van der Waals surface area contributed by atoms with Crippen LogP contribution < -0.4 is 0 Å². The van der Waals surface area contributed by atoms with Crippen LogP contribution in [0.15, 0.2) is 231 Å². The summed E-state index contributed by atoms with van der Waals surface area (Å²) < 4.78 is 9.77. The largest absolute Gasteiger partial charge is 0.309 e. The van der Waals surface area contributed by atoms with Crippen molar-refractivity contribution >= 4 is 87.2 Å². The lowest BCUT2D eigenvalue weighted by atomic mass is 10.0. The zero-order valence-electron chi connectivity index (χ0n) is 34.7. The average Bonchev–Trinajstić information content (AvgIpc) is 4.09. The van der Waals surface area contributed by atoms with Crippen LogP contribution in [0.1, 0.15) is 0 Å². The third-order valence-corrected chi connectivity index (χ3v) is 13.6. The Morgan fingerprint density at radius 2 is 0.594 bits per heavy atom. The van der Waals surface area contributed by atoms with Crippen LogP contribution >= 0.6 is 0 Å². The van der Waals surface area contributed by atoms with Gasteiger partial charge in [-0.05, 0) is 96.1 Å². The summed E-state index contributed by atoms with van der Waals surface area (Å²) in [5.41, 5.74) is 16.4. The lowest BCUT2D eigenvalue weighted by Gasteiger charge is -2.15. The van der Waals surface area contributed by atoms with Crippen molar-refractivity contribution in [3.8, 4) is 33.9 Å². The highest BCUT2D eigenvalue weighted by molar-refractivity contribution is 6.16. The van der Waals surface area contributed by atoms with Crippen LogP contribution in [0.2, 0.25) is 0 Å². The maximum atomic E-state index is 2.50. The number of para-hydroxylation sites is 7. The molecule has 0 fully saturated rings. The van der Waals surface area contributed by atoms with Gasteiger partial charge in [-0.3, -0.25) is 0 Å². The third-order valence-electron chi connectivity index (χ3n) is 13.6. The number of rotatable bonds is 5. The van der Waals surface area contributed by atoms with Gasteiger partial charge in [0, 0.05) is 60.2 Å². The van der Waals surface area contributed by atoms with E-state index in [1.807, 2.05) is 0 Å². The zero-order chi connectivity index (χ0) is 41.9. The van der Waals surface area contributed by atoms with Gasteiger partial charge in [0.25, 0.3) is 0 Å². The topological polar surface area (TPSA) is 19.7 Å². The molecule has 0 unspecified atom stereocenters. The maximum absolute atomic E-state index is 2.50. The van der Waals surface area contributed by atoms with Crippen molar-refractivity contribution in [2.24, 2.45) is 0 Å². The molecule has 0 aliphatic carbocycles. The second-order valence-electron chi connectivity index (χ2n) is 16.9. The molecule has 0 amide bonds. The van der Waals surface area contributed by atoms with Gasteiger partial charge in [-0.2, -0.15) is 0 Å². The molecule has 10 aromatic carbocycles. The second-order valence-corrected chi connectivity index (χ2v) is 16.9. The number of nitrogens with zero attached hydrogens (tertiary/aromatic N) is 4. The molecule has 4 nitrogen and oxygen atoms in total. The van der Waals surface area contributed by atoms with E-state index >= 15 is 0 Å². The van der Waals surface area contributed by atoms with Crippen LogP contribution in [-0.4, -0.2) is 18.3 Å². The lowest BCUT2D eigenvalue weighted by Crippen LogP contribution is -2.01.